The fraction of sp³-hybridized carbons (Fsp3) is 0.333. The molecule has 2 N–H and O–H groups in total. The Morgan fingerprint density at radius 2 is 2.00 bits per heavy atom. The van der Waals surface area contributed by atoms with E-state index < -0.39 is 0 Å². The van der Waals surface area contributed by atoms with Crippen LogP contribution >= 0.6 is 0 Å². The Kier molecular flexibility index (Phi) is 5.34. The molecule has 0 aliphatic rings. The average Bonchev–Trinajstić information content (AvgIpc) is 2.52. The number of methoxy groups -OCH3 is 1. The molecule has 0 aliphatic carbocycles. The van der Waals surface area contributed by atoms with Gasteiger partial charge in [-0.15, -0.1) is 0 Å². The van der Waals surface area contributed by atoms with Crippen molar-refractivity contribution in [3.05, 3.63) is 65.0 Å². The number of nitrogens with two attached hydrogens (primary N) is 1. The van der Waals surface area contributed by atoms with Crippen molar-refractivity contribution in [1.29, 1.82) is 0 Å². The summed E-state index contributed by atoms with van der Waals surface area (Å²) in [7, 11) is 1.67. The lowest BCUT2D eigenvalue weighted by molar-refractivity contribution is 0.408. The third kappa shape index (κ3) is 3.82. The van der Waals surface area contributed by atoms with Gasteiger partial charge in [0.05, 0.1) is 7.11 Å². The van der Waals surface area contributed by atoms with Crippen molar-refractivity contribution in [3.8, 4) is 5.75 Å². The van der Waals surface area contributed by atoms with Crippen molar-refractivity contribution < 1.29 is 9.13 Å². The summed E-state index contributed by atoms with van der Waals surface area (Å²) in [5, 5.41) is 0. The van der Waals surface area contributed by atoms with E-state index in [2.05, 4.69) is 19.1 Å². The van der Waals surface area contributed by atoms with Gasteiger partial charge in [0.15, 0.2) is 0 Å². The summed E-state index contributed by atoms with van der Waals surface area (Å²) < 4.78 is 18.8. The summed E-state index contributed by atoms with van der Waals surface area (Å²) in [5.74, 6) is 0.726. The zero-order valence-electron chi connectivity index (χ0n) is 12.6. The molecule has 0 radical (unpaired) electrons. The van der Waals surface area contributed by atoms with Crippen LogP contribution in [0.2, 0.25) is 0 Å². The number of ether oxygens (including phenoxy) is 1. The molecule has 21 heavy (non-hydrogen) atoms. The topological polar surface area (TPSA) is 35.2 Å². The molecule has 0 amide bonds. The van der Waals surface area contributed by atoms with Crippen LogP contribution in [0.3, 0.4) is 0 Å². The zero-order valence-corrected chi connectivity index (χ0v) is 12.6. The summed E-state index contributed by atoms with van der Waals surface area (Å²) in [6.07, 6.45) is 1.72. The molecule has 0 saturated carbocycles. The lowest BCUT2D eigenvalue weighted by atomic mass is 9.90. The normalized spacial score (nSPS) is 12.2. The highest BCUT2D eigenvalue weighted by molar-refractivity contribution is 5.39. The van der Waals surface area contributed by atoms with Crippen LogP contribution in [-0.2, 0) is 12.8 Å². The largest absolute Gasteiger partial charge is 0.496 e. The second-order valence-corrected chi connectivity index (χ2v) is 5.19. The minimum absolute atomic E-state index is 0.0849. The molecule has 2 rings (SSSR count). The molecule has 1 unspecified atom stereocenters. The Balaban J connectivity index is 2.29. The maximum atomic E-state index is 13.4. The lowest BCUT2D eigenvalue weighted by Gasteiger charge is -2.18. The van der Waals surface area contributed by atoms with Gasteiger partial charge in [0.2, 0.25) is 0 Å². The Labute approximate surface area is 125 Å². The second kappa shape index (κ2) is 7.23. The van der Waals surface area contributed by atoms with Gasteiger partial charge < -0.3 is 10.5 Å². The number of hydrogen-bond acceptors (Lipinski definition) is 2. The van der Waals surface area contributed by atoms with Crippen molar-refractivity contribution >= 4 is 0 Å². The minimum atomic E-state index is -0.222. The van der Waals surface area contributed by atoms with E-state index in [-0.39, 0.29) is 11.7 Å². The Morgan fingerprint density at radius 3 is 2.62 bits per heavy atom. The molecule has 2 nitrogen and oxygen atoms in total. The maximum absolute atomic E-state index is 13.4. The molecular weight excluding hydrogens is 265 g/mol. The Morgan fingerprint density at radius 1 is 1.19 bits per heavy atom. The number of benzene rings is 2. The number of hydrogen-bond donors (Lipinski definition) is 1. The highest BCUT2D eigenvalue weighted by atomic mass is 19.1. The van der Waals surface area contributed by atoms with Gasteiger partial charge in [-0.3, -0.25) is 0 Å². The zero-order chi connectivity index (χ0) is 15.2. The van der Waals surface area contributed by atoms with Crippen LogP contribution in [0.25, 0.3) is 0 Å². The fourth-order valence-corrected chi connectivity index (χ4v) is 2.57. The van der Waals surface area contributed by atoms with Gasteiger partial charge in [0.25, 0.3) is 0 Å². The third-order valence-electron chi connectivity index (χ3n) is 3.82. The minimum Gasteiger partial charge on any atom is -0.496 e. The van der Waals surface area contributed by atoms with Crippen LogP contribution in [0.5, 0.6) is 5.75 Å². The first-order valence-electron chi connectivity index (χ1n) is 7.29. The predicted molar refractivity (Wildman–Crippen MR) is 84.3 cm³/mol. The molecule has 2 aromatic carbocycles. The molecule has 0 fully saturated rings. The van der Waals surface area contributed by atoms with Crippen molar-refractivity contribution in [2.45, 2.75) is 25.7 Å². The van der Waals surface area contributed by atoms with Gasteiger partial charge in [0, 0.05) is 5.92 Å². The van der Waals surface area contributed by atoms with E-state index in [0.717, 1.165) is 29.7 Å². The number of halogens is 1. The quantitative estimate of drug-likeness (QED) is 0.879. The van der Waals surface area contributed by atoms with Crippen molar-refractivity contribution in [3.63, 3.8) is 0 Å². The lowest BCUT2D eigenvalue weighted by Crippen LogP contribution is -2.15. The van der Waals surface area contributed by atoms with Crippen LogP contribution in [-0.4, -0.2) is 13.7 Å². The molecule has 112 valence electrons. The van der Waals surface area contributed by atoms with Gasteiger partial charge in [0.1, 0.15) is 11.6 Å². The Hall–Kier alpha value is -1.87. The molecule has 2 aromatic rings. The molecular formula is C18H22FNO. The summed E-state index contributed by atoms with van der Waals surface area (Å²) in [5.41, 5.74) is 9.22. The van der Waals surface area contributed by atoms with Gasteiger partial charge in [-0.2, -0.15) is 0 Å². The Bertz CT molecular complexity index is 598. The van der Waals surface area contributed by atoms with E-state index in [9.17, 15) is 4.39 Å². The van der Waals surface area contributed by atoms with Crippen LogP contribution in [0.4, 0.5) is 4.39 Å². The summed E-state index contributed by atoms with van der Waals surface area (Å²) in [4.78, 5) is 0. The van der Waals surface area contributed by atoms with E-state index in [1.807, 2.05) is 12.1 Å². The maximum Gasteiger partial charge on any atom is 0.123 e. The highest BCUT2D eigenvalue weighted by Crippen LogP contribution is 2.27. The molecule has 0 bridgehead atoms. The molecule has 0 aromatic heterocycles. The first kappa shape index (κ1) is 15.5. The van der Waals surface area contributed by atoms with E-state index in [0.29, 0.717) is 6.54 Å². The highest BCUT2D eigenvalue weighted by Gasteiger charge is 2.14. The van der Waals surface area contributed by atoms with Crippen LogP contribution < -0.4 is 10.5 Å². The summed E-state index contributed by atoms with van der Waals surface area (Å²) >= 11 is 0. The predicted octanol–water partition coefficient (Wildman–Crippen LogP) is 3.68. The van der Waals surface area contributed by atoms with Crippen LogP contribution in [0.1, 0.15) is 29.5 Å². The standard InChI is InChI=1S/C18H22FNO/c1-3-13-7-8-18(21-2)15(9-13)10-16(12-20)14-5-4-6-17(19)11-14/h4-9,11,16H,3,10,12,20H2,1-2H3. The molecule has 0 spiro atoms. The third-order valence-corrected chi connectivity index (χ3v) is 3.82. The van der Waals surface area contributed by atoms with E-state index in [1.165, 1.54) is 11.6 Å². The van der Waals surface area contributed by atoms with Gasteiger partial charge in [-0.1, -0.05) is 31.2 Å². The second-order valence-electron chi connectivity index (χ2n) is 5.19. The molecule has 0 heterocycles. The van der Waals surface area contributed by atoms with Crippen molar-refractivity contribution in [2.75, 3.05) is 13.7 Å². The van der Waals surface area contributed by atoms with Crippen molar-refractivity contribution in [2.24, 2.45) is 5.73 Å². The van der Waals surface area contributed by atoms with E-state index in [4.69, 9.17) is 10.5 Å². The summed E-state index contributed by atoms with van der Waals surface area (Å²) in [6.45, 7) is 2.60. The van der Waals surface area contributed by atoms with Gasteiger partial charge >= 0.3 is 0 Å². The van der Waals surface area contributed by atoms with Crippen molar-refractivity contribution in [1.82, 2.24) is 0 Å². The first-order chi connectivity index (χ1) is 10.2. The van der Waals surface area contributed by atoms with E-state index in [1.54, 1.807) is 19.2 Å². The monoisotopic (exact) mass is 287 g/mol. The molecule has 1 atom stereocenters. The van der Waals surface area contributed by atoms with Gasteiger partial charge in [-0.25, -0.2) is 4.39 Å². The number of rotatable bonds is 6. The van der Waals surface area contributed by atoms with Gasteiger partial charge in [-0.05, 0) is 54.3 Å². The van der Waals surface area contributed by atoms with Crippen LogP contribution in [0, 0.1) is 5.82 Å². The van der Waals surface area contributed by atoms with E-state index >= 15 is 0 Å². The molecule has 0 aliphatic heterocycles. The molecule has 0 saturated heterocycles. The number of aryl methyl sites for hydroxylation is 1. The smallest absolute Gasteiger partial charge is 0.123 e. The fourth-order valence-electron chi connectivity index (χ4n) is 2.57. The SMILES string of the molecule is CCc1ccc(OC)c(CC(CN)c2cccc(F)c2)c1. The summed E-state index contributed by atoms with van der Waals surface area (Å²) in [6, 6.07) is 12.9. The molecule has 3 heteroatoms. The first-order valence-corrected chi connectivity index (χ1v) is 7.29. The van der Waals surface area contributed by atoms with Crippen LogP contribution in [0.15, 0.2) is 42.5 Å². The average molecular weight is 287 g/mol.